The number of ether oxygens (including phenoxy) is 10. The highest BCUT2D eigenvalue weighted by Crippen LogP contribution is 2.71. The average molecular weight is 1060 g/mol. The molecule has 6 saturated heterocycles. The molecule has 424 valence electrons. The van der Waals surface area contributed by atoms with Crippen molar-refractivity contribution in [2.45, 2.75) is 245 Å². The summed E-state index contributed by atoms with van der Waals surface area (Å²) in [6, 6.07) is 0. The second-order valence-electron chi connectivity index (χ2n) is 24.3. The average Bonchev–Trinajstić information content (AvgIpc) is 3.97. The van der Waals surface area contributed by atoms with Crippen molar-refractivity contribution in [1.29, 1.82) is 0 Å². The molecule has 23 heteroatoms. The van der Waals surface area contributed by atoms with Crippen LogP contribution in [0.25, 0.3) is 0 Å². The van der Waals surface area contributed by atoms with Gasteiger partial charge in [-0.1, -0.05) is 32.4 Å². The highest BCUT2D eigenvalue weighted by molar-refractivity contribution is 5.29. The molecule has 0 amide bonds. The van der Waals surface area contributed by atoms with Crippen LogP contribution in [0.2, 0.25) is 0 Å². The summed E-state index contributed by atoms with van der Waals surface area (Å²) in [5.74, 6) is -0.505. The number of aliphatic hydroxyl groups is 13. The number of aliphatic hydroxyl groups excluding tert-OH is 13. The van der Waals surface area contributed by atoms with E-state index in [-0.39, 0.29) is 53.1 Å². The maximum atomic E-state index is 12.3. The lowest BCUT2D eigenvalue weighted by atomic mass is 9.46. The summed E-state index contributed by atoms with van der Waals surface area (Å²) < 4.78 is 62.0. The molecule has 6 heterocycles. The van der Waals surface area contributed by atoms with Crippen molar-refractivity contribution in [1.82, 2.24) is 0 Å². The fourth-order valence-electron chi connectivity index (χ4n) is 15.6. The van der Waals surface area contributed by atoms with Crippen LogP contribution in [0, 0.1) is 40.4 Å². The Balaban J connectivity index is 0.823. The minimum atomic E-state index is -1.78. The van der Waals surface area contributed by atoms with Crippen LogP contribution in [0.3, 0.4) is 0 Å². The monoisotopic (exact) mass is 1060 g/mol. The molecule has 32 atom stereocenters. The first-order chi connectivity index (χ1) is 34.9. The van der Waals surface area contributed by atoms with Gasteiger partial charge in [-0.2, -0.15) is 0 Å². The highest BCUT2D eigenvalue weighted by Gasteiger charge is 2.71. The first-order valence-electron chi connectivity index (χ1n) is 26.9. The standard InChI is InChI=1S/C51H82O23/c1-19-31-27(73-51(19)12-11-48(4,74-51)18-65-44-38(61)37(60)34(57)28(16-52)69-44)15-25-30-24(8-10-50(25,31)6)49(5)9-7-23(13-22(49)14-26(30)54)68-47-43(72-46-40(63)36(59)33(56)21(3)67-46)41(64)42(29(17-53)70-47)71-45-39(62)35(58)32(55)20(2)66-45/h14,19-21,23-47,52-64H,7-13,15-18H2,1-6H3/t19-,20-,21-,23-,24-,25-,26-,27-,28+,29+,30+,31-,32-,33-,34+,35+,36+,37-,38+,39+,40+,41-,42+,43+,44+,45-,46-,47+,48-,49-,50-,51-/m0/s1. The molecule has 0 aromatic heterocycles. The Bertz CT molecular complexity index is 2000. The Morgan fingerprint density at radius 2 is 1.18 bits per heavy atom. The second-order valence-corrected chi connectivity index (χ2v) is 24.3. The maximum absolute atomic E-state index is 12.3. The highest BCUT2D eigenvalue weighted by atomic mass is 16.8. The van der Waals surface area contributed by atoms with Gasteiger partial charge >= 0.3 is 0 Å². The molecule has 10 aliphatic rings. The quantitative estimate of drug-likeness (QED) is 0.0927. The van der Waals surface area contributed by atoms with Crippen molar-refractivity contribution < 1.29 is 114 Å². The lowest BCUT2D eigenvalue weighted by Gasteiger charge is -2.59. The molecule has 74 heavy (non-hydrogen) atoms. The van der Waals surface area contributed by atoms with E-state index in [4.69, 9.17) is 47.4 Å². The van der Waals surface area contributed by atoms with E-state index in [1.54, 1.807) is 0 Å². The maximum Gasteiger partial charge on any atom is 0.187 e. The molecule has 0 bridgehead atoms. The van der Waals surface area contributed by atoms with E-state index in [1.165, 1.54) is 13.8 Å². The molecule has 3 saturated carbocycles. The minimum Gasteiger partial charge on any atom is -0.394 e. The van der Waals surface area contributed by atoms with E-state index in [0.717, 1.165) is 24.8 Å². The fraction of sp³-hybridized carbons (Fsp3) is 0.961. The van der Waals surface area contributed by atoms with Crippen LogP contribution in [0.5, 0.6) is 0 Å². The normalized spacial score (nSPS) is 58.4. The lowest BCUT2D eigenvalue weighted by molar-refractivity contribution is -0.388. The first kappa shape index (κ1) is 56.1. The summed E-state index contributed by atoms with van der Waals surface area (Å²) in [6.07, 6.45) is -23.6. The molecule has 1 spiro atoms. The summed E-state index contributed by atoms with van der Waals surface area (Å²) in [4.78, 5) is 0. The smallest absolute Gasteiger partial charge is 0.187 e. The zero-order chi connectivity index (χ0) is 53.3. The van der Waals surface area contributed by atoms with Crippen LogP contribution in [0.4, 0.5) is 0 Å². The summed E-state index contributed by atoms with van der Waals surface area (Å²) in [6.45, 7) is 10.4. The van der Waals surface area contributed by atoms with Crippen molar-refractivity contribution in [2.24, 2.45) is 40.4 Å². The molecule has 13 N–H and O–H groups in total. The molecule has 10 rings (SSSR count). The van der Waals surface area contributed by atoms with Gasteiger partial charge in [0.15, 0.2) is 30.9 Å². The Kier molecular flexibility index (Phi) is 15.7. The Morgan fingerprint density at radius 3 is 1.81 bits per heavy atom. The van der Waals surface area contributed by atoms with Gasteiger partial charge in [0.25, 0.3) is 0 Å². The van der Waals surface area contributed by atoms with Gasteiger partial charge in [-0.15, -0.1) is 0 Å². The Hall–Kier alpha value is -1.18. The summed E-state index contributed by atoms with van der Waals surface area (Å²) >= 11 is 0. The topological polar surface area (TPSA) is 355 Å². The predicted octanol–water partition coefficient (Wildman–Crippen LogP) is -2.85. The molecule has 0 aromatic carbocycles. The van der Waals surface area contributed by atoms with Crippen molar-refractivity contribution in [3.8, 4) is 0 Å². The third-order valence-electron chi connectivity index (χ3n) is 19.9. The molecule has 23 nitrogen and oxygen atoms in total. The van der Waals surface area contributed by atoms with Gasteiger partial charge in [0, 0.05) is 12.3 Å². The fourth-order valence-corrected chi connectivity index (χ4v) is 15.6. The molecule has 0 radical (unpaired) electrons. The van der Waals surface area contributed by atoms with Gasteiger partial charge in [-0.3, -0.25) is 0 Å². The van der Waals surface area contributed by atoms with E-state index >= 15 is 0 Å². The van der Waals surface area contributed by atoms with Gasteiger partial charge in [-0.25, -0.2) is 0 Å². The number of hydrogen-bond acceptors (Lipinski definition) is 23. The summed E-state index contributed by atoms with van der Waals surface area (Å²) in [5.41, 5.74) is -0.263. The minimum absolute atomic E-state index is 0.00504. The Labute approximate surface area is 430 Å². The van der Waals surface area contributed by atoms with Crippen LogP contribution in [0.1, 0.15) is 92.9 Å². The van der Waals surface area contributed by atoms with E-state index in [1.807, 2.05) is 13.0 Å². The second kappa shape index (κ2) is 20.7. The molecule has 0 aromatic rings. The van der Waals surface area contributed by atoms with Gasteiger partial charge in [-0.05, 0) is 100 Å². The van der Waals surface area contributed by atoms with Gasteiger partial charge < -0.3 is 114 Å². The zero-order valence-corrected chi connectivity index (χ0v) is 42.9. The van der Waals surface area contributed by atoms with Crippen LogP contribution >= 0.6 is 0 Å². The molecular weight excluding hydrogens is 981 g/mol. The number of fused-ring (bicyclic) bond motifs is 7. The number of hydrogen-bond donors (Lipinski definition) is 13. The molecule has 4 aliphatic carbocycles. The van der Waals surface area contributed by atoms with Gasteiger partial charge in [0.2, 0.25) is 0 Å². The molecule has 0 unspecified atom stereocenters. The van der Waals surface area contributed by atoms with Gasteiger partial charge in [0.1, 0.15) is 85.5 Å². The van der Waals surface area contributed by atoms with Crippen molar-refractivity contribution in [2.75, 3.05) is 19.8 Å². The SMILES string of the molecule is C[C@@H]1O[C@@H](O[C@H]2[C@H](O[C@H]3CC[C@@]4(C)C(=C[C@H](O)[C@H]5[C@@H]6C[C@@H]7O[C@]8(CC[C@@](C)(CO[C@@H]9O[C@H](CO)[C@@H](O)[C@H](O)[C@H]9O)O8)[C@@H](C)[C@@H]7[C@@]6(C)CC[C@@H]54)C3)O[C@H](CO)[C@@H](O[C@@H]3O[C@@H](C)[C@H](O)[C@@H](O)[C@H]3O)[C@@H]2O)[C@H](O)[C@H](O)[C@H]1O. The van der Waals surface area contributed by atoms with E-state index in [2.05, 4.69) is 20.8 Å². The zero-order valence-electron chi connectivity index (χ0n) is 42.9. The van der Waals surface area contributed by atoms with E-state index < -0.39 is 160 Å². The van der Waals surface area contributed by atoms with Crippen molar-refractivity contribution in [3.63, 3.8) is 0 Å². The van der Waals surface area contributed by atoms with Crippen LogP contribution in [-0.2, 0) is 47.4 Å². The first-order valence-corrected chi connectivity index (χ1v) is 26.9. The largest absolute Gasteiger partial charge is 0.394 e. The summed E-state index contributed by atoms with van der Waals surface area (Å²) in [5, 5.41) is 139. The third kappa shape index (κ3) is 9.29. The van der Waals surface area contributed by atoms with Crippen LogP contribution in [0.15, 0.2) is 11.6 Å². The lowest BCUT2D eigenvalue weighted by Crippen LogP contribution is -2.66. The molecule has 6 aliphatic heterocycles. The van der Waals surface area contributed by atoms with Crippen molar-refractivity contribution >= 4 is 0 Å². The molecule has 9 fully saturated rings. The Morgan fingerprint density at radius 1 is 0.581 bits per heavy atom. The van der Waals surface area contributed by atoms with Crippen molar-refractivity contribution in [3.05, 3.63) is 11.6 Å². The molecular formula is C51H82O23. The third-order valence-corrected chi connectivity index (χ3v) is 19.9. The van der Waals surface area contributed by atoms with E-state index in [9.17, 15) is 66.4 Å². The number of rotatable bonds is 11. The van der Waals surface area contributed by atoms with E-state index in [0.29, 0.717) is 32.1 Å². The van der Waals surface area contributed by atoms with Gasteiger partial charge in [0.05, 0.1) is 55.9 Å². The predicted molar refractivity (Wildman–Crippen MR) is 248 cm³/mol. The van der Waals surface area contributed by atoms with Crippen LogP contribution in [-0.4, -0.2) is 239 Å². The van der Waals surface area contributed by atoms with Crippen LogP contribution < -0.4 is 0 Å². The summed E-state index contributed by atoms with van der Waals surface area (Å²) in [7, 11) is 0.